The molecule has 9 heavy (non-hydrogen) atoms. The van der Waals surface area contributed by atoms with Crippen molar-refractivity contribution in [1.29, 1.82) is 10.5 Å². The van der Waals surface area contributed by atoms with Crippen LogP contribution in [0.1, 0.15) is 25.7 Å². The predicted molar refractivity (Wildman–Crippen MR) is 38.2 cm³/mol. The Balaban J connectivity index is 0. The molecule has 0 atom stereocenters. The molecule has 0 aliphatic heterocycles. The quantitative estimate of drug-likeness (QED) is 0.568. The molecule has 0 fully saturated rings. The second-order valence-corrected chi connectivity index (χ2v) is 1.52. The molecular weight excluding hydrogens is 307 g/mol. The molecule has 0 saturated heterocycles. The molecule has 0 aliphatic rings. The van der Waals surface area contributed by atoms with E-state index in [-0.39, 0.29) is 27.3 Å². The zero-order chi connectivity index (χ0) is 6.24. The van der Waals surface area contributed by atoms with Gasteiger partial charge in [-0.05, 0) is 12.8 Å². The molecular formula is C6H10N2Pb. The van der Waals surface area contributed by atoms with Crippen LogP contribution in [0.5, 0.6) is 0 Å². The van der Waals surface area contributed by atoms with Gasteiger partial charge in [-0.2, -0.15) is 10.5 Å². The van der Waals surface area contributed by atoms with Crippen LogP contribution in [0.25, 0.3) is 0 Å². The van der Waals surface area contributed by atoms with Crippen LogP contribution >= 0.6 is 0 Å². The summed E-state index contributed by atoms with van der Waals surface area (Å²) in [6, 6.07) is 4.03. The van der Waals surface area contributed by atoms with Gasteiger partial charge in [-0.15, -0.1) is 0 Å². The minimum atomic E-state index is 0. The standard InChI is InChI=1S/C6H8N2.Pb.2H/c7-5-3-1-2-4-6-8;;;/h1-4H2;;;. The summed E-state index contributed by atoms with van der Waals surface area (Å²) in [4.78, 5) is 0. The summed E-state index contributed by atoms with van der Waals surface area (Å²) in [5, 5.41) is 16.1. The molecule has 0 bridgehead atoms. The number of hydrogen-bond donors (Lipinski definition) is 0. The zero-order valence-electron chi connectivity index (χ0n) is 5.43. The molecule has 0 rings (SSSR count). The fraction of sp³-hybridized carbons (Fsp3) is 0.667. The number of unbranched alkanes of at least 4 members (excludes halogenated alkanes) is 3. The third kappa shape index (κ3) is 11.5. The molecule has 2 nitrogen and oxygen atoms in total. The van der Waals surface area contributed by atoms with E-state index >= 15 is 0 Å². The Morgan fingerprint density at radius 3 is 1.44 bits per heavy atom. The summed E-state index contributed by atoms with van der Waals surface area (Å²) in [6.07, 6.45) is 2.90. The van der Waals surface area contributed by atoms with E-state index in [4.69, 9.17) is 10.5 Å². The summed E-state index contributed by atoms with van der Waals surface area (Å²) in [7, 11) is 0. The molecule has 0 N–H and O–H groups in total. The fourth-order valence-electron chi connectivity index (χ4n) is 0.408. The first-order valence-corrected chi connectivity index (χ1v) is 2.65. The van der Waals surface area contributed by atoms with E-state index in [1.54, 1.807) is 0 Å². The molecule has 48 valence electrons. The Hall–Kier alpha value is -0.0979. The number of rotatable bonds is 3. The van der Waals surface area contributed by atoms with Gasteiger partial charge in [0.15, 0.2) is 0 Å². The molecule has 0 aromatic carbocycles. The topological polar surface area (TPSA) is 47.6 Å². The van der Waals surface area contributed by atoms with Crippen LogP contribution in [0, 0.1) is 22.7 Å². The molecule has 0 saturated carbocycles. The van der Waals surface area contributed by atoms with Crippen LogP contribution in [0.15, 0.2) is 0 Å². The summed E-state index contributed by atoms with van der Waals surface area (Å²) in [6.45, 7) is 0. The van der Waals surface area contributed by atoms with E-state index in [0.29, 0.717) is 12.8 Å². The van der Waals surface area contributed by atoms with E-state index in [0.717, 1.165) is 12.8 Å². The third-order valence-corrected chi connectivity index (χ3v) is 0.827. The van der Waals surface area contributed by atoms with E-state index in [1.165, 1.54) is 0 Å². The molecule has 0 heterocycles. The van der Waals surface area contributed by atoms with Crippen molar-refractivity contribution in [3.05, 3.63) is 0 Å². The van der Waals surface area contributed by atoms with Crippen molar-refractivity contribution < 1.29 is 0 Å². The Kier molecular flexibility index (Phi) is 14.0. The number of nitriles is 2. The van der Waals surface area contributed by atoms with Crippen molar-refractivity contribution in [3.8, 4) is 12.1 Å². The van der Waals surface area contributed by atoms with Crippen LogP contribution < -0.4 is 0 Å². The van der Waals surface area contributed by atoms with Crippen molar-refractivity contribution in [3.63, 3.8) is 0 Å². The number of hydrogen-bond acceptors (Lipinski definition) is 2. The summed E-state index contributed by atoms with van der Waals surface area (Å²) in [5.41, 5.74) is 0. The van der Waals surface area contributed by atoms with E-state index in [9.17, 15) is 0 Å². The first-order valence-electron chi connectivity index (χ1n) is 2.65. The van der Waals surface area contributed by atoms with Gasteiger partial charge in [0, 0.05) is 12.8 Å². The third-order valence-electron chi connectivity index (χ3n) is 0.827. The summed E-state index contributed by atoms with van der Waals surface area (Å²) < 4.78 is 0. The Morgan fingerprint density at radius 2 is 1.22 bits per heavy atom. The van der Waals surface area contributed by atoms with Gasteiger partial charge in [0.1, 0.15) is 0 Å². The van der Waals surface area contributed by atoms with Gasteiger partial charge in [0.25, 0.3) is 0 Å². The Morgan fingerprint density at radius 1 is 0.889 bits per heavy atom. The minimum absolute atomic E-state index is 0. The van der Waals surface area contributed by atoms with E-state index in [2.05, 4.69) is 0 Å². The van der Waals surface area contributed by atoms with Crippen LogP contribution in [-0.2, 0) is 0 Å². The molecule has 0 amide bonds. The summed E-state index contributed by atoms with van der Waals surface area (Å²) in [5.74, 6) is 0. The average molecular weight is 317 g/mol. The first-order chi connectivity index (χ1) is 3.91. The van der Waals surface area contributed by atoms with Crippen molar-refractivity contribution in [1.82, 2.24) is 0 Å². The molecule has 0 aliphatic carbocycles. The van der Waals surface area contributed by atoms with Gasteiger partial charge in [-0.1, -0.05) is 0 Å². The number of nitrogens with zero attached hydrogens (tertiary/aromatic N) is 2. The molecule has 2 radical (unpaired) electrons. The molecule has 0 spiro atoms. The van der Waals surface area contributed by atoms with Crippen LogP contribution in [0.4, 0.5) is 0 Å². The van der Waals surface area contributed by atoms with Crippen molar-refractivity contribution in [2.24, 2.45) is 0 Å². The zero-order valence-corrected chi connectivity index (χ0v) is 10.9. The second-order valence-electron chi connectivity index (χ2n) is 1.52. The Bertz CT molecular complexity index is 104. The molecule has 0 aromatic rings. The fourth-order valence-corrected chi connectivity index (χ4v) is 0.408. The maximum atomic E-state index is 8.03. The predicted octanol–water partition coefficient (Wildman–Crippen LogP) is 0.678. The van der Waals surface area contributed by atoms with Gasteiger partial charge < -0.3 is 0 Å². The van der Waals surface area contributed by atoms with Gasteiger partial charge in [-0.3, -0.25) is 0 Å². The van der Waals surface area contributed by atoms with Gasteiger partial charge in [0.2, 0.25) is 0 Å². The van der Waals surface area contributed by atoms with Crippen molar-refractivity contribution in [2.45, 2.75) is 25.7 Å². The van der Waals surface area contributed by atoms with E-state index in [1.807, 2.05) is 12.1 Å². The SMILES string of the molecule is N#CCCCCC#N.[PbH2]. The van der Waals surface area contributed by atoms with Crippen LogP contribution in [0.2, 0.25) is 0 Å². The van der Waals surface area contributed by atoms with Crippen LogP contribution in [-0.4, -0.2) is 27.3 Å². The molecule has 0 aromatic heterocycles. The molecule has 3 heteroatoms. The normalized spacial score (nSPS) is 6.44. The maximum absolute atomic E-state index is 8.03. The molecule has 0 unspecified atom stereocenters. The van der Waals surface area contributed by atoms with Crippen molar-refractivity contribution >= 4 is 27.3 Å². The van der Waals surface area contributed by atoms with E-state index < -0.39 is 0 Å². The average Bonchev–Trinajstić information content (AvgIpc) is 1.81. The van der Waals surface area contributed by atoms with Crippen LogP contribution in [0.3, 0.4) is 0 Å². The Labute approximate surface area is 75.6 Å². The van der Waals surface area contributed by atoms with Gasteiger partial charge in [0.05, 0.1) is 12.1 Å². The monoisotopic (exact) mass is 318 g/mol. The summed E-state index contributed by atoms with van der Waals surface area (Å²) >= 11 is 0. The van der Waals surface area contributed by atoms with Crippen molar-refractivity contribution in [2.75, 3.05) is 0 Å². The van der Waals surface area contributed by atoms with Gasteiger partial charge >= 0.3 is 27.3 Å². The second kappa shape index (κ2) is 10.8. The van der Waals surface area contributed by atoms with Gasteiger partial charge in [-0.25, -0.2) is 0 Å². The first kappa shape index (κ1) is 11.7.